The van der Waals surface area contributed by atoms with Crippen LogP contribution in [0.15, 0.2) is 29.3 Å². The van der Waals surface area contributed by atoms with Crippen molar-refractivity contribution < 1.29 is 19.0 Å². The molecule has 31 heavy (non-hydrogen) atoms. The summed E-state index contributed by atoms with van der Waals surface area (Å²) >= 11 is 1.50. The highest BCUT2D eigenvalue weighted by molar-refractivity contribution is 7.18. The van der Waals surface area contributed by atoms with Crippen LogP contribution < -0.4 is 15.0 Å². The Morgan fingerprint density at radius 1 is 1.19 bits per heavy atom. The van der Waals surface area contributed by atoms with E-state index in [1.807, 2.05) is 18.2 Å². The number of thiophene rings is 1. The van der Waals surface area contributed by atoms with Crippen molar-refractivity contribution in [2.24, 2.45) is 0 Å². The summed E-state index contributed by atoms with van der Waals surface area (Å²) in [6.45, 7) is 1.67. The van der Waals surface area contributed by atoms with Crippen molar-refractivity contribution in [2.45, 2.75) is 25.9 Å². The van der Waals surface area contributed by atoms with Gasteiger partial charge in [0.2, 0.25) is 5.91 Å². The molecule has 0 fully saturated rings. The van der Waals surface area contributed by atoms with Gasteiger partial charge in [-0.1, -0.05) is 6.07 Å². The van der Waals surface area contributed by atoms with Gasteiger partial charge in [0, 0.05) is 25.1 Å². The number of carbonyl (C=O) groups is 1. The van der Waals surface area contributed by atoms with Gasteiger partial charge >= 0.3 is 0 Å². The predicted molar refractivity (Wildman–Crippen MR) is 118 cm³/mol. The van der Waals surface area contributed by atoms with Gasteiger partial charge in [0.15, 0.2) is 11.5 Å². The zero-order valence-electron chi connectivity index (χ0n) is 17.8. The molecule has 8 nitrogen and oxygen atoms in total. The predicted octanol–water partition coefficient (Wildman–Crippen LogP) is 2.25. The number of methoxy groups -OCH3 is 3. The summed E-state index contributed by atoms with van der Waals surface area (Å²) in [7, 11) is 4.72. The topological polar surface area (TPSA) is 82.9 Å². The zero-order valence-corrected chi connectivity index (χ0v) is 18.7. The highest BCUT2D eigenvalue weighted by atomic mass is 32.1. The summed E-state index contributed by atoms with van der Waals surface area (Å²) in [5.74, 6) is 1.31. The molecule has 1 amide bonds. The lowest BCUT2D eigenvalue weighted by atomic mass is 10.1. The van der Waals surface area contributed by atoms with E-state index in [-0.39, 0.29) is 18.1 Å². The summed E-state index contributed by atoms with van der Waals surface area (Å²) < 4.78 is 17.3. The first-order valence-corrected chi connectivity index (χ1v) is 10.8. The van der Waals surface area contributed by atoms with Gasteiger partial charge in [0.1, 0.15) is 11.4 Å². The van der Waals surface area contributed by atoms with Crippen LogP contribution in [0.1, 0.15) is 16.0 Å². The summed E-state index contributed by atoms with van der Waals surface area (Å²) in [6, 6.07) is 5.76. The summed E-state index contributed by atoms with van der Waals surface area (Å²) in [5.41, 5.74) is 2.04. The third-order valence-corrected chi connectivity index (χ3v) is 6.66. The second-order valence-corrected chi connectivity index (χ2v) is 8.45. The van der Waals surface area contributed by atoms with Crippen LogP contribution in [0.5, 0.6) is 11.5 Å². The number of aromatic nitrogens is 2. The van der Waals surface area contributed by atoms with E-state index >= 15 is 0 Å². The van der Waals surface area contributed by atoms with E-state index in [1.165, 1.54) is 18.4 Å². The normalized spacial score (nSPS) is 13.3. The van der Waals surface area contributed by atoms with Crippen molar-refractivity contribution in [2.75, 3.05) is 34.5 Å². The van der Waals surface area contributed by atoms with E-state index < -0.39 is 0 Å². The van der Waals surface area contributed by atoms with Crippen molar-refractivity contribution in [3.05, 3.63) is 50.9 Å². The minimum atomic E-state index is -0.0362. The molecule has 1 aliphatic heterocycles. The first kappa shape index (κ1) is 21.3. The standard InChI is InChI=1S/C22H25N3O5S/c1-28-12-19(26)24-9-7-15-18(11-24)31-21-20(15)22(27)25(13-23-21)8-6-14-4-5-16(29-2)17(10-14)30-3/h4-5,10,13H,6-9,11-12H2,1-3H3. The fraction of sp³-hybridized carbons (Fsp3) is 0.409. The van der Waals surface area contributed by atoms with Crippen molar-refractivity contribution in [3.63, 3.8) is 0 Å². The SMILES string of the molecule is COCC(=O)N1CCc2c(sc3ncn(CCc4ccc(OC)c(OC)c4)c(=O)c23)C1. The molecule has 3 aromatic rings. The molecule has 0 radical (unpaired) electrons. The lowest BCUT2D eigenvalue weighted by Gasteiger charge is -2.26. The Morgan fingerprint density at radius 3 is 2.74 bits per heavy atom. The Bertz CT molecular complexity index is 1170. The van der Waals surface area contributed by atoms with Crippen molar-refractivity contribution in [1.82, 2.24) is 14.5 Å². The first-order valence-electron chi connectivity index (χ1n) is 10.0. The van der Waals surface area contributed by atoms with E-state index in [2.05, 4.69) is 4.98 Å². The third-order valence-electron chi connectivity index (χ3n) is 5.54. The molecule has 164 valence electrons. The first-order chi connectivity index (χ1) is 15.0. The molecule has 1 aromatic carbocycles. The largest absolute Gasteiger partial charge is 0.493 e. The van der Waals surface area contributed by atoms with E-state index in [9.17, 15) is 9.59 Å². The van der Waals surface area contributed by atoms with Crippen molar-refractivity contribution in [3.8, 4) is 11.5 Å². The zero-order chi connectivity index (χ0) is 22.0. The number of nitrogens with zero attached hydrogens (tertiary/aromatic N) is 3. The fourth-order valence-corrected chi connectivity index (χ4v) is 5.08. The van der Waals surface area contributed by atoms with Crippen LogP contribution in [0.25, 0.3) is 10.2 Å². The van der Waals surface area contributed by atoms with Crippen molar-refractivity contribution in [1.29, 1.82) is 0 Å². The van der Waals surface area contributed by atoms with Gasteiger partial charge in [-0.25, -0.2) is 4.98 Å². The maximum Gasteiger partial charge on any atom is 0.262 e. The molecule has 4 rings (SSSR count). The number of carbonyl (C=O) groups excluding carboxylic acids is 1. The molecule has 0 bridgehead atoms. The van der Waals surface area contributed by atoms with E-state index in [4.69, 9.17) is 14.2 Å². The Balaban J connectivity index is 1.57. The quantitative estimate of drug-likeness (QED) is 0.557. The maximum atomic E-state index is 13.2. The lowest BCUT2D eigenvalue weighted by Crippen LogP contribution is -2.37. The van der Waals surface area contributed by atoms with E-state index in [1.54, 1.807) is 30.0 Å². The van der Waals surface area contributed by atoms with Crippen LogP contribution in [-0.4, -0.2) is 54.8 Å². The Morgan fingerprint density at radius 2 is 2.00 bits per heavy atom. The van der Waals surface area contributed by atoms with Gasteiger partial charge < -0.3 is 19.1 Å². The smallest absolute Gasteiger partial charge is 0.262 e. The number of aryl methyl sites for hydroxylation is 2. The molecule has 0 saturated heterocycles. The maximum absolute atomic E-state index is 13.2. The molecule has 0 unspecified atom stereocenters. The fourth-order valence-electron chi connectivity index (χ4n) is 3.89. The number of ether oxygens (including phenoxy) is 3. The van der Waals surface area contributed by atoms with Gasteiger partial charge in [-0.2, -0.15) is 0 Å². The Labute approximate surface area is 184 Å². The van der Waals surface area contributed by atoms with Gasteiger partial charge in [-0.3, -0.25) is 14.2 Å². The number of benzene rings is 1. The third kappa shape index (κ3) is 4.15. The molecule has 0 spiro atoms. The second kappa shape index (κ2) is 9.07. The van der Waals surface area contributed by atoms with Gasteiger partial charge in [-0.15, -0.1) is 11.3 Å². The van der Waals surface area contributed by atoms with Crippen LogP contribution in [0.2, 0.25) is 0 Å². The monoisotopic (exact) mass is 443 g/mol. The average Bonchev–Trinajstić information content (AvgIpc) is 3.17. The van der Waals surface area contributed by atoms with Crippen LogP contribution in [-0.2, 0) is 35.5 Å². The number of hydrogen-bond acceptors (Lipinski definition) is 7. The van der Waals surface area contributed by atoms with Crippen LogP contribution in [0.3, 0.4) is 0 Å². The molecule has 3 heterocycles. The van der Waals surface area contributed by atoms with E-state index in [0.717, 1.165) is 20.8 Å². The lowest BCUT2D eigenvalue weighted by molar-refractivity contribution is -0.136. The average molecular weight is 444 g/mol. The molecular weight excluding hydrogens is 418 g/mol. The minimum absolute atomic E-state index is 0.0281. The molecule has 0 aliphatic carbocycles. The van der Waals surface area contributed by atoms with Crippen LogP contribution in [0, 0.1) is 0 Å². The van der Waals surface area contributed by atoms with Gasteiger partial charge in [0.25, 0.3) is 5.56 Å². The number of rotatable bonds is 7. The molecule has 2 aromatic heterocycles. The van der Waals surface area contributed by atoms with Crippen molar-refractivity contribution >= 4 is 27.5 Å². The Kier molecular flexibility index (Phi) is 6.24. The molecule has 0 saturated carbocycles. The molecule has 1 aliphatic rings. The molecule has 9 heteroatoms. The highest BCUT2D eigenvalue weighted by Gasteiger charge is 2.26. The van der Waals surface area contributed by atoms with Crippen LogP contribution in [0.4, 0.5) is 0 Å². The summed E-state index contributed by atoms with van der Waals surface area (Å²) in [4.78, 5) is 33.4. The van der Waals surface area contributed by atoms with Gasteiger partial charge in [0.05, 0.1) is 32.5 Å². The molecule has 0 atom stereocenters. The molecular formula is C22H25N3O5S. The minimum Gasteiger partial charge on any atom is -0.493 e. The summed E-state index contributed by atoms with van der Waals surface area (Å²) in [5, 5.41) is 0.689. The summed E-state index contributed by atoms with van der Waals surface area (Å²) in [6.07, 6.45) is 2.93. The number of hydrogen-bond donors (Lipinski definition) is 0. The molecule has 0 N–H and O–H groups in total. The van der Waals surface area contributed by atoms with E-state index in [0.29, 0.717) is 49.4 Å². The second-order valence-electron chi connectivity index (χ2n) is 7.36. The highest BCUT2D eigenvalue weighted by Crippen LogP contribution is 2.32. The van der Waals surface area contributed by atoms with Crippen LogP contribution >= 0.6 is 11.3 Å². The number of fused-ring (bicyclic) bond motifs is 3. The van der Waals surface area contributed by atoms with Gasteiger partial charge in [-0.05, 0) is 36.1 Å². The Hall–Kier alpha value is -2.91. The number of amides is 1.